The van der Waals surface area contributed by atoms with Gasteiger partial charge in [0.15, 0.2) is 5.82 Å². The molecule has 1 aliphatic rings. The summed E-state index contributed by atoms with van der Waals surface area (Å²) in [5.41, 5.74) is 0.869. The van der Waals surface area contributed by atoms with Gasteiger partial charge >= 0.3 is 5.97 Å². The lowest BCUT2D eigenvalue weighted by Gasteiger charge is -2.34. The molecule has 2 heterocycles. The lowest BCUT2D eigenvalue weighted by atomic mass is 10.0. The van der Waals surface area contributed by atoms with Crippen LogP contribution in [0.2, 0.25) is 0 Å². The van der Waals surface area contributed by atoms with Crippen LogP contribution in [0, 0.1) is 6.92 Å². The van der Waals surface area contributed by atoms with E-state index in [0.29, 0.717) is 12.2 Å². The van der Waals surface area contributed by atoms with Gasteiger partial charge in [0, 0.05) is 17.3 Å². The maximum atomic E-state index is 11.5. The van der Waals surface area contributed by atoms with Gasteiger partial charge in [-0.15, -0.1) is 5.10 Å². The number of aliphatic carboxylic acids is 1. The summed E-state index contributed by atoms with van der Waals surface area (Å²) >= 11 is 0. The molecule has 1 aromatic heterocycles. The van der Waals surface area contributed by atoms with Gasteiger partial charge in [-0.2, -0.15) is 5.10 Å². The van der Waals surface area contributed by atoms with E-state index < -0.39 is 12.0 Å². The van der Waals surface area contributed by atoms with Crippen LogP contribution >= 0.6 is 0 Å². The Hall–Kier alpha value is -2.17. The van der Waals surface area contributed by atoms with Crippen LogP contribution < -0.4 is 4.90 Å². The normalized spacial score (nSPS) is 19.2. The van der Waals surface area contributed by atoms with Crippen molar-refractivity contribution in [1.82, 2.24) is 10.2 Å². The van der Waals surface area contributed by atoms with Crippen molar-refractivity contribution in [3.63, 3.8) is 0 Å². The van der Waals surface area contributed by atoms with E-state index in [0.717, 1.165) is 35.9 Å². The molecule has 2 aromatic rings. The lowest BCUT2D eigenvalue weighted by molar-refractivity contribution is -0.139. The zero-order valence-corrected chi connectivity index (χ0v) is 11.4. The summed E-state index contributed by atoms with van der Waals surface area (Å²) in [5.74, 6) is -0.0885. The molecule has 1 aromatic carbocycles. The van der Waals surface area contributed by atoms with Crippen LogP contribution in [0.1, 0.15) is 25.0 Å². The van der Waals surface area contributed by atoms with Gasteiger partial charge in [-0.1, -0.05) is 24.3 Å². The first kappa shape index (κ1) is 12.8. The number of carbonyl (C=O) groups is 1. The molecule has 0 amide bonds. The summed E-state index contributed by atoms with van der Waals surface area (Å²) in [6.07, 6.45) is 2.61. The fourth-order valence-electron chi connectivity index (χ4n) is 2.88. The number of hydrogen-bond donors (Lipinski definition) is 1. The van der Waals surface area contributed by atoms with Gasteiger partial charge < -0.3 is 10.0 Å². The average Bonchev–Trinajstić information content (AvgIpc) is 2.48. The van der Waals surface area contributed by atoms with Gasteiger partial charge in [0.1, 0.15) is 6.04 Å². The number of aryl methyl sites for hydroxylation is 1. The molecule has 5 nitrogen and oxygen atoms in total. The molecule has 1 saturated heterocycles. The molecule has 1 fully saturated rings. The number of rotatable bonds is 2. The fourth-order valence-corrected chi connectivity index (χ4v) is 2.88. The zero-order chi connectivity index (χ0) is 14.1. The van der Waals surface area contributed by atoms with Crippen molar-refractivity contribution in [2.45, 2.75) is 32.2 Å². The SMILES string of the molecule is Cc1nnc(N2CCCCC2C(=O)O)c2ccccc12. The van der Waals surface area contributed by atoms with E-state index in [4.69, 9.17) is 0 Å². The molecule has 0 aliphatic carbocycles. The Morgan fingerprint density at radius 3 is 2.75 bits per heavy atom. The number of fused-ring (bicyclic) bond motifs is 1. The highest BCUT2D eigenvalue weighted by Crippen LogP contribution is 2.30. The van der Waals surface area contributed by atoms with Crippen LogP contribution in [-0.2, 0) is 4.79 Å². The second-order valence-electron chi connectivity index (χ2n) is 5.20. The Morgan fingerprint density at radius 2 is 2.00 bits per heavy atom. The number of piperidine rings is 1. The number of nitrogens with zero attached hydrogens (tertiary/aromatic N) is 3. The second kappa shape index (κ2) is 5.07. The van der Waals surface area contributed by atoms with E-state index in [1.54, 1.807) is 0 Å². The molecule has 20 heavy (non-hydrogen) atoms. The molecule has 1 aliphatic heterocycles. The largest absolute Gasteiger partial charge is 0.480 e. The number of benzene rings is 1. The highest BCUT2D eigenvalue weighted by atomic mass is 16.4. The maximum absolute atomic E-state index is 11.5. The molecule has 1 N–H and O–H groups in total. The van der Waals surface area contributed by atoms with Gasteiger partial charge in [-0.25, -0.2) is 4.79 Å². The Balaban J connectivity index is 2.13. The van der Waals surface area contributed by atoms with Crippen molar-refractivity contribution < 1.29 is 9.90 Å². The van der Waals surface area contributed by atoms with Crippen LogP contribution in [0.5, 0.6) is 0 Å². The van der Waals surface area contributed by atoms with E-state index >= 15 is 0 Å². The first-order chi connectivity index (χ1) is 9.68. The minimum absolute atomic E-state index is 0.496. The summed E-state index contributed by atoms with van der Waals surface area (Å²) in [7, 11) is 0. The molecule has 0 saturated carbocycles. The van der Waals surface area contributed by atoms with Crippen molar-refractivity contribution in [2.24, 2.45) is 0 Å². The molecule has 0 spiro atoms. The minimum atomic E-state index is -0.781. The van der Waals surface area contributed by atoms with Gasteiger partial charge in [0.2, 0.25) is 0 Å². The van der Waals surface area contributed by atoms with Crippen molar-refractivity contribution in [3.8, 4) is 0 Å². The number of anilines is 1. The quantitative estimate of drug-likeness (QED) is 0.908. The first-order valence-electron chi connectivity index (χ1n) is 6.90. The number of carboxylic acid groups (broad SMARTS) is 1. The Kier molecular flexibility index (Phi) is 3.26. The van der Waals surface area contributed by atoms with Crippen LogP contribution in [0.3, 0.4) is 0 Å². The Morgan fingerprint density at radius 1 is 1.25 bits per heavy atom. The lowest BCUT2D eigenvalue weighted by Crippen LogP contribution is -2.45. The van der Waals surface area contributed by atoms with Crippen molar-refractivity contribution in [3.05, 3.63) is 30.0 Å². The predicted molar refractivity (Wildman–Crippen MR) is 76.9 cm³/mol. The third kappa shape index (κ3) is 2.09. The summed E-state index contributed by atoms with van der Waals surface area (Å²) in [6.45, 7) is 2.64. The van der Waals surface area contributed by atoms with Gasteiger partial charge in [-0.05, 0) is 26.2 Å². The molecular weight excluding hydrogens is 254 g/mol. The summed E-state index contributed by atoms with van der Waals surface area (Å²) in [5, 5.41) is 19.9. The third-order valence-corrected chi connectivity index (χ3v) is 3.91. The summed E-state index contributed by atoms with van der Waals surface area (Å²) in [6, 6.07) is 7.41. The highest BCUT2D eigenvalue weighted by Gasteiger charge is 2.30. The van der Waals surface area contributed by atoms with Crippen molar-refractivity contribution in [1.29, 1.82) is 0 Å². The standard InChI is InChI=1S/C15H17N3O2/c1-10-11-6-2-3-7-12(11)14(17-16-10)18-9-5-4-8-13(18)15(19)20/h2-3,6-7,13H,4-5,8-9H2,1H3,(H,19,20). The molecule has 104 valence electrons. The van der Waals surface area contributed by atoms with Crippen LogP contribution in [0.25, 0.3) is 10.8 Å². The molecule has 1 unspecified atom stereocenters. The Labute approximate surface area is 117 Å². The summed E-state index contributed by atoms with van der Waals surface area (Å²) < 4.78 is 0. The van der Waals surface area contributed by atoms with E-state index in [1.165, 1.54) is 0 Å². The summed E-state index contributed by atoms with van der Waals surface area (Å²) in [4.78, 5) is 13.3. The van der Waals surface area contributed by atoms with E-state index in [1.807, 2.05) is 36.1 Å². The topological polar surface area (TPSA) is 66.3 Å². The van der Waals surface area contributed by atoms with Gasteiger partial charge in [0.25, 0.3) is 0 Å². The van der Waals surface area contributed by atoms with Gasteiger partial charge in [0.05, 0.1) is 5.69 Å². The van der Waals surface area contributed by atoms with Crippen molar-refractivity contribution in [2.75, 3.05) is 11.4 Å². The number of hydrogen-bond acceptors (Lipinski definition) is 4. The highest BCUT2D eigenvalue weighted by molar-refractivity contribution is 5.94. The predicted octanol–water partition coefficient (Wildman–Crippen LogP) is 2.38. The molecular formula is C15H17N3O2. The molecule has 5 heteroatoms. The van der Waals surface area contributed by atoms with Gasteiger partial charge in [-0.3, -0.25) is 0 Å². The van der Waals surface area contributed by atoms with E-state index in [2.05, 4.69) is 10.2 Å². The molecule has 1 atom stereocenters. The van der Waals surface area contributed by atoms with Crippen LogP contribution in [0.15, 0.2) is 24.3 Å². The minimum Gasteiger partial charge on any atom is -0.480 e. The third-order valence-electron chi connectivity index (χ3n) is 3.91. The smallest absolute Gasteiger partial charge is 0.326 e. The average molecular weight is 271 g/mol. The number of carboxylic acids is 1. The van der Waals surface area contributed by atoms with Crippen LogP contribution in [0.4, 0.5) is 5.82 Å². The number of aromatic nitrogens is 2. The van der Waals surface area contributed by atoms with E-state index in [-0.39, 0.29) is 0 Å². The van der Waals surface area contributed by atoms with Crippen molar-refractivity contribution >= 4 is 22.6 Å². The molecule has 3 rings (SSSR count). The first-order valence-corrected chi connectivity index (χ1v) is 6.90. The second-order valence-corrected chi connectivity index (χ2v) is 5.20. The van der Waals surface area contributed by atoms with Crippen LogP contribution in [-0.4, -0.2) is 33.9 Å². The molecule has 0 radical (unpaired) electrons. The fraction of sp³-hybridized carbons (Fsp3) is 0.400. The zero-order valence-electron chi connectivity index (χ0n) is 11.4. The Bertz CT molecular complexity index is 657. The monoisotopic (exact) mass is 271 g/mol. The maximum Gasteiger partial charge on any atom is 0.326 e. The van der Waals surface area contributed by atoms with E-state index in [9.17, 15) is 9.90 Å². The molecule has 0 bridgehead atoms.